The number of benzene rings is 1. The number of nitrogens with one attached hydrogen (secondary N) is 3. The number of aromatic amines is 1. The number of carbonyl (C=O) groups is 2. The van der Waals surface area contributed by atoms with Crippen LogP contribution in [0.25, 0.3) is 0 Å². The summed E-state index contributed by atoms with van der Waals surface area (Å²) in [5, 5.41) is 11.4. The summed E-state index contributed by atoms with van der Waals surface area (Å²) in [6, 6.07) is 5.31. The average Bonchev–Trinajstić information content (AvgIpc) is 3.18. The van der Waals surface area contributed by atoms with Gasteiger partial charge in [-0.2, -0.15) is 5.10 Å². The summed E-state index contributed by atoms with van der Waals surface area (Å²) in [5.41, 5.74) is 0.696. The molecule has 3 rings (SSSR count). The Morgan fingerprint density at radius 1 is 1.17 bits per heavy atom. The Kier molecular flexibility index (Phi) is 4.06. The molecule has 0 saturated carbocycles. The maximum absolute atomic E-state index is 12.9. The molecule has 3 N–H and O–H groups in total. The molecule has 122 valence electrons. The second-order valence-electron chi connectivity index (χ2n) is 4.94. The van der Waals surface area contributed by atoms with Crippen LogP contribution in [-0.4, -0.2) is 31.6 Å². The summed E-state index contributed by atoms with van der Waals surface area (Å²) in [5.74, 6) is -1.20. The summed E-state index contributed by atoms with van der Waals surface area (Å²) in [4.78, 5) is 28.4. The number of anilines is 2. The quantitative estimate of drug-likeness (QED) is 0.679. The van der Waals surface area contributed by atoms with Crippen LogP contribution < -0.4 is 10.6 Å². The van der Waals surface area contributed by atoms with Crippen molar-refractivity contribution in [3.05, 3.63) is 60.2 Å². The molecule has 0 unspecified atom stereocenters. The van der Waals surface area contributed by atoms with Gasteiger partial charge in [0.15, 0.2) is 5.82 Å². The minimum Gasteiger partial charge on any atom is -0.330 e. The standard InChI is InChI=1S/C15H13FN6O2/c1-22-7-6-17-13(22)15(24)20-11-8-18-21-12(11)14(23)19-10-4-2-9(16)3-5-10/h2-8H,1H3,(H,18,21)(H,19,23)(H,20,24). The van der Waals surface area contributed by atoms with Crippen LogP contribution in [0.15, 0.2) is 42.9 Å². The second-order valence-corrected chi connectivity index (χ2v) is 4.94. The van der Waals surface area contributed by atoms with Gasteiger partial charge in [0.2, 0.25) is 0 Å². The van der Waals surface area contributed by atoms with Crippen molar-refractivity contribution in [2.45, 2.75) is 0 Å². The SMILES string of the molecule is Cn1ccnc1C(=O)Nc1cn[nH]c1C(=O)Nc1ccc(F)cc1. The summed E-state index contributed by atoms with van der Waals surface area (Å²) < 4.78 is 14.4. The van der Waals surface area contributed by atoms with E-state index in [1.165, 1.54) is 36.7 Å². The van der Waals surface area contributed by atoms with Gasteiger partial charge in [-0.3, -0.25) is 14.7 Å². The molecule has 2 heterocycles. The lowest BCUT2D eigenvalue weighted by atomic mass is 10.3. The highest BCUT2D eigenvalue weighted by Crippen LogP contribution is 2.16. The Morgan fingerprint density at radius 2 is 1.92 bits per heavy atom. The largest absolute Gasteiger partial charge is 0.330 e. The van der Waals surface area contributed by atoms with Crippen molar-refractivity contribution in [2.75, 3.05) is 10.6 Å². The molecule has 0 spiro atoms. The maximum atomic E-state index is 12.9. The summed E-state index contributed by atoms with van der Waals surface area (Å²) >= 11 is 0. The van der Waals surface area contributed by atoms with E-state index in [1.54, 1.807) is 17.8 Å². The molecule has 24 heavy (non-hydrogen) atoms. The van der Waals surface area contributed by atoms with Crippen LogP contribution in [0.1, 0.15) is 21.1 Å². The number of rotatable bonds is 4. The van der Waals surface area contributed by atoms with Crippen LogP contribution in [0.3, 0.4) is 0 Å². The first-order valence-corrected chi connectivity index (χ1v) is 6.93. The highest BCUT2D eigenvalue weighted by atomic mass is 19.1. The monoisotopic (exact) mass is 328 g/mol. The Morgan fingerprint density at radius 3 is 2.58 bits per heavy atom. The van der Waals surface area contributed by atoms with Crippen LogP contribution in [-0.2, 0) is 7.05 Å². The van der Waals surface area contributed by atoms with Crippen LogP contribution in [0, 0.1) is 5.82 Å². The number of halogens is 1. The van der Waals surface area contributed by atoms with Crippen LogP contribution in [0.4, 0.5) is 15.8 Å². The minimum absolute atomic E-state index is 0.0712. The molecular formula is C15H13FN6O2. The van der Waals surface area contributed by atoms with Gasteiger partial charge in [-0.25, -0.2) is 9.37 Å². The zero-order valence-corrected chi connectivity index (χ0v) is 12.6. The first kappa shape index (κ1) is 15.4. The predicted molar refractivity (Wildman–Crippen MR) is 84.1 cm³/mol. The van der Waals surface area contributed by atoms with Gasteiger partial charge in [-0.1, -0.05) is 0 Å². The molecule has 0 atom stereocenters. The highest BCUT2D eigenvalue weighted by molar-refractivity contribution is 6.10. The van der Waals surface area contributed by atoms with Gasteiger partial charge in [0, 0.05) is 25.1 Å². The number of hydrogen-bond donors (Lipinski definition) is 3. The number of aromatic nitrogens is 4. The van der Waals surface area contributed by atoms with Crippen molar-refractivity contribution in [1.29, 1.82) is 0 Å². The molecule has 8 nitrogen and oxygen atoms in total. The normalized spacial score (nSPS) is 10.4. The third-order valence-corrected chi connectivity index (χ3v) is 3.24. The number of amides is 2. The third kappa shape index (κ3) is 3.14. The molecule has 2 aromatic heterocycles. The van der Waals surface area contributed by atoms with E-state index >= 15 is 0 Å². The van der Waals surface area contributed by atoms with E-state index in [2.05, 4.69) is 25.8 Å². The van der Waals surface area contributed by atoms with Gasteiger partial charge in [-0.05, 0) is 24.3 Å². The van der Waals surface area contributed by atoms with Crippen molar-refractivity contribution in [2.24, 2.45) is 7.05 Å². The average molecular weight is 328 g/mol. The molecule has 0 radical (unpaired) electrons. The van der Waals surface area contributed by atoms with Crippen molar-refractivity contribution < 1.29 is 14.0 Å². The fourth-order valence-corrected chi connectivity index (χ4v) is 2.04. The molecule has 0 aliphatic rings. The van der Waals surface area contributed by atoms with Gasteiger partial charge in [0.05, 0.1) is 11.9 Å². The summed E-state index contributed by atoms with van der Waals surface area (Å²) in [7, 11) is 1.68. The van der Waals surface area contributed by atoms with Gasteiger partial charge in [0.1, 0.15) is 11.5 Å². The number of H-pyrrole nitrogens is 1. The molecule has 9 heteroatoms. The Labute approximate surface area is 135 Å². The number of imidazole rings is 1. The molecule has 0 bridgehead atoms. The molecule has 0 saturated heterocycles. The Balaban J connectivity index is 1.75. The Hall–Kier alpha value is -3.49. The maximum Gasteiger partial charge on any atom is 0.291 e. The van der Waals surface area contributed by atoms with Crippen LogP contribution >= 0.6 is 0 Å². The Bertz CT molecular complexity index is 884. The zero-order valence-electron chi connectivity index (χ0n) is 12.6. The molecular weight excluding hydrogens is 315 g/mol. The molecule has 2 amide bonds. The number of hydrogen-bond acceptors (Lipinski definition) is 4. The second kappa shape index (κ2) is 6.32. The fraction of sp³-hybridized carbons (Fsp3) is 0.0667. The molecule has 0 aliphatic carbocycles. The lowest BCUT2D eigenvalue weighted by Crippen LogP contribution is -2.20. The highest BCUT2D eigenvalue weighted by Gasteiger charge is 2.18. The minimum atomic E-state index is -0.519. The van der Waals surface area contributed by atoms with Crippen molar-refractivity contribution in [1.82, 2.24) is 19.7 Å². The molecule has 0 fully saturated rings. The van der Waals surface area contributed by atoms with Gasteiger partial charge in [0.25, 0.3) is 11.8 Å². The van der Waals surface area contributed by atoms with E-state index in [1.807, 2.05) is 0 Å². The van der Waals surface area contributed by atoms with Crippen molar-refractivity contribution in [3.8, 4) is 0 Å². The van der Waals surface area contributed by atoms with Crippen molar-refractivity contribution in [3.63, 3.8) is 0 Å². The number of carbonyl (C=O) groups excluding carboxylic acids is 2. The van der Waals surface area contributed by atoms with E-state index in [4.69, 9.17) is 0 Å². The lowest BCUT2D eigenvalue weighted by Gasteiger charge is -2.07. The lowest BCUT2D eigenvalue weighted by molar-refractivity contribution is 0.101. The predicted octanol–water partition coefficient (Wildman–Crippen LogP) is 1.79. The van der Waals surface area contributed by atoms with E-state index in [9.17, 15) is 14.0 Å². The van der Waals surface area contributed by atoms with E-state index in [0.29, 0.717) is 5.69 Å². The molecule has 0 aliphatic heterocycles. The first-order chi connectivity index (χ1) is 11.5. The van der Waals surface area contributed by atoms with E-state index in [-0.39, 0.29) is 17.2 Å². The molecule has 1 aromatic carbocycles. The third-order valence-electron chi connectivity index (χ3n) is 3.24. The number of aryl methyl sites for hydroxylation is 1. The van der Waals surface area contributed by atoms with Crippen LogP contribution in [0.2, 0.25) is 0 Å². The fourth-order valence-electron chi connectivity index (χ4n) is 2.04. The molecule has 3 aromatic rings. The first-order valence-electron chi connectivity index (χ1n) is 6.93. The van der Waals surface area contributed by atoms with Gasteiger partial charge >= 0.3 is 0 Å². The van der Waals surface area contributed by atoms with Gasteiger partial charge in [-0.15, -0.1) is 0 Å². The van der Waals surface area contributed by atoms with Crippen molar-refractivity contribution >= 4 is 23.2 Å². The zero-order chi connectivity index (χ0) is 17.1. The van der Waals surface area contributed by atoms with E-state index in [0.717, 1.165) is 0 Å². The summed E-state index contributed by atoms with van der Waals surface area (Å²) in [6.07, 6.45) is 4.44. The van der Waals surface area contributed by atoms with Gasteiger partial charge < -0.3 is 15.2 Å². The topological polar surface area (TPSA) is 105 Å². The number of nitrogens with zero attached hydrogens (tertiary/aromatic N) is 3. The summed E-state index contributed by atoms with van der Waals surface area (Å²) in [6.45, 7) is 0. The van der Waals surface area contributed by atoms with E-state index < -0.39 is 17.6 Å². The van der Waals surface area contributed by atoms with Crippen LogP contribution in [0.5, 0.6) is 0 Å². The smallest absolute Gasteiger partial charge is 0.291 e.